The van der Waals surface area contributed by atoms with E-state index >= 15 is 0 Å². The first-order chi connectivity index (χ1) is 13.3. The Bertz CT molecular complexity index is 965. The standard InChI is InChI=1S/C21H22ClN3O3/c1-21(2,3)17(20-24-18(25-28-20)13-8-6-5-7-9-13)23-19(26)14-10-11-16(27-4)15(22)12-14/h5-12,17H,1-4H3,(H,23,26)/t17-/m1/s1. The van der Waals surface area contributed by atoms with E-state index in [1.165, 1.54) is 7.11 Å². The van der Waals surface area contributed by atoms with E-state index in [0.29, 0.717) is 28.1 Å². The zero-order valence-corrected chi connectivity index (χ0v) is 16.9. The van der Waals surface area contributed by atoms with Gasteiger partial charge in [0.15, 0.2) is 0 Å². The van der Waals surface area contributed by atoms with E-state index in [1.54, 1.807) is 18.2 Å². The maximum absolute atomic E-state index is 12.8. The van der Waals surface area contributed by atoms with Crippen LogP contribution >= 0.6 is 11.6 Å². The molecule has 0 aliphatic heterocycles. The smallest absolute Gasteiger partial charge is 0.252 e. The molecule has 1 N–H and O–H groups in total. The number of halogens is 1. The lowest BCUT2D eigenvalue weighted by Gasteiger charge is -2.28. The zero-order valence-electron chi connectivity index (χ0n) is 16.2. The molecule has 0 unspecified atom stereocenters. The molecule has 0 fully saturated rings. The number of amides is 1. The maximum atomic E-state index is 12.8. The van der Waals surface area contributed by atoms with Gasteiger partial charge < -0.3 is 14.6 Å². The van der Waals surface area contributed by atoms with Crippen molar-refractivity contribution in [2.75, 3.05) is 7.11 Å². The lowest BCUT2D eigenvalue weighted by molar-refractivity contribution is 0.0880. The van der Waals surface area contributed by atoms with Crippen LogP contribution in [0.4, 0.5) is 0 Å². The predicted octanol–water partition coefficient (Wildman–Crippen LogP) is 4.92. The Morgan fingerprint density at radius 3 is 2.50 bits per heavy atom. The minimum atomic E-state index is -0.481. The highest BCUT2D eigenvalue weighted by Gasteiger charge is 2.33. The number of hydrogen-bond acceptors (Lipinski definition) is 5. The SMILES string of the molecule is COc1ccc(C(=O)N[C@H](c2nc(-c3ccccc3)no2)C(C)(C)C)cc1Cl. The van der Waals surface area contributed by atoms with E-state index in [4.69, 9.17) is 20.9 Å². The van der Waals surface area contributed by atoms with Crippen LogP contribution < -0.4 is 10.1 Å². The van der Waals surface area contributed by atoms with Gasteiger partial charge >= 0.3 is 0 Å². The number of carbonyl (C=O) groups excluding carboxylic acids is 1. The van der Waals surface area contributed by atoms with E-state index in [1.807, 2.05) is 51.1 Å². The molecule has 28 heavy (non-hydrogen) atoms. The highest BCUT2D eigenvalue weighted by molar-refractivity contribution is 6.32. The molecule has 146 valence electrons. The Hall–Kier alpha value is -2.86. The summed E-state index contributed by atoms with van der Waals surface area (Å²) >= 11 is 6.14. The van der Waals surface area contributed by atoms with Crippen LogP contribution in [0.25, 0.3) is 11.4 Å². The fraction of sp³-hybridized carbons (Fsp3) is 0.286. The minimum absolute atomic E-state index is 0.288. The molecule has 0 spiro atoms. The molecule has 1 heterocycles. The van der Waals surface area contributed by atoms with Crippen molar-refractivity contribution in [1.82, 2.24) is 15.5 Å². The Kier molecular flexibility index (Phi) is 5.70. The molecule has 3 aromatic rings. The van der Waals surface area contributed by atoms with Crippen molar-refractivity contribution in [3.8, 4) is 17.1 Å². The van der Waals surface area contributed by atoms with Crippen LogP contribution in [0.3, 0.4) is 0 Å². The molecule has 1 atom stereocenters. The van der Waals surface area contributed by atoms with Gasteiger partial charge in [0.1, 0.15) is 11.8 Å². The fourth-order valence-electron chi connectivity index (χ4n) is 2.73. The number of aromatic nitrogens is 2. The van der Waals surface area contributed by atoms with Crippen LogP contribution in [-0.4, -0.2) is 23.2 Å². The van der Waals surface area contributed by atoms with Gasteiger partial charge in [-0.25, -0.2) is 0 Å². The Balaban J connectivity index is 1.87. The normalized spacial score (nSPS) is 12.5. The quantitative estimate of drug-likeness (QED) is 0.659. The summed E-state index contributed by atoms with van der Waals surface area (Å²) in [6.07, 6.45) is 0. The molecule has 0 bridgehead atoms. The van der Waals surface area contributed by atoms with Crippen molar-refractivity contribution < 1.29 is 14.1 Å². The number of rotatable bonds is 5. The molecule has 0 aliphatic rings. The summed E-state index contributed by atoms with van der Waals surface area (Å²) in [7, 11) is 1.52. The van der Waals surface area contributed by atoms with Crippen molar-refractivity contribution >= 4 is 17.5 Å². The van der Waals surface area contributed by atoms with Crippen LogP contribution in [0.1, 0.15) is 43.1 Å². The van der Waals surface area contributed by atoms with E-state index in [-0.39, 0.29) is 11.3 Å². The number of hydrogen-bond donors (Lipinski definition) is 1. The molecule has 2 aromatic carbocycles. The molecule has 1 aromatic heterocycles. The molecular weight excluding hydrogens is 378 g/mol. The van der Waals surface area contributed by atoms with Crippen LogP contribution in [0, 0.1) is 5.41 Å². The first kappa shape index (κ1) is 19.9. The van der Waals surface area contributed by atoms with E-state index in [0.717, 1.165) is 5.56 Å². The minimum Gasteiger partial charge on any atom is -0.495 e. The van der Waals surface area contributed by atoms with Gasteiger partial charge in [-0.3, -0.25) is 4.79 Å². The Morgan fingerprint density at radius 1 is 1.18 bits per heavy atom. The molecule has 1 amide bonds. The summed E-state index contributed by atoms with van der Waals surface area (Å²) in [4.78, 5) is 17.3. The van der Waals surface area contributed by atoms with Gasteiger partial charge in [-0.05, 0) is 23.6 Å². The van der Waals surface area contributed by atoms with Crippen molar-refractivity contribution in [3.05, 3.63) is 65.0 Å². The topological polar surface area (TPSA) is 77.2 Å². The van der Waals surface area contributed by atoms with Crippen molar-refractivity contribution in [2.45, 2.75) is 26.8 Å². The summed E-state index contributed by atoms with van der Waals surface area (Å²) in [6, 6.07) is 13.9. The van der Waals surface area contributed by atoms with Crippen LogP contribution in [0.15, 0.2) is 53.1 Å². The molecule has 6 nitrogen and oxygen atoms in total. The van der Waals surface area contributed by atoms with Crippen LogP contribution in [0.5, 0.6) is 5.75 Å². The van der Waals surface area contributed by atoms with Gasteiger partial charge in [0, 0.05) is 11.1 Å². The van der Waals surface area contributed by atoms with Gasteiger partial charge in [0.05, 0.1) is 12.1 Å². The number of nitrogens with one attached hydrogen (secondary N) is 1. The lowest BCUT2D eigenvalue weighted by Crippen LogP contribution is -2.36. The summed E-state index contributed by atoms with van der Waals surface area (Å²) in [5, 5.41) is 7.41. The number of methoxy groups -OCH3 is 1. The fourth-order valence-corrected chi connectivity index (χ4v) is 2.99. The predicted molar refractivity (Wildman–Crippen MR) is 107 cm³/mol. The summed E-state index contributed by atoms with van der Waals surface area (Å²) in [5.41, 5.74) is 0.910. The molecule has 0 aliphatic carbocycles. The second kappa shape index (κ2) is 8.02. The Morgan fingerprint density at radius 2 is 1.89 bits per heavy atom. The number of nitrogens with zero attached hydrogens (tertiary/aromatic N) is 2. The van der Waals surface area contributed by atoms with Crippen molar-refractivity contribution in [1.29, 1.82) is 0 Å². The first-order valence-corrected chi connectivity index (χ1v) is 9.21. The molecule has 0 radical (unpaired) electrons. The average molecular weight is 400 g/mol. The van der Waals surface area contributed by atoms with E-state index in [2.05, 4.69) is 15.5 Å². The van der Waals surface area contributed by atoms with Crippen molar-refractivity contribution in [2.24, 2.45) is 5.41 Å². The largest absolute Gasteiger partial charge is 0.495 e. The highest BCUT2D eigenvalue weighted by Crippen LogP contribution is 2.33. The summed E-state index contributed by atoms with van der Waals surface area (Å²) in [6.45, 7) is 5.97. The Labute approximate surface area is 168 Å². The number of benzene rings is 2. The van der Waals surface area contributed by atoms with Crippen LogP contribution in [0.2, 0.25) is 5.02 Å². The average Bonchev–Trinajstić information content (AvgIpc) is 3.15. The second-order valence-electron chi connectivity index (χ2n) is 7.44. The summed E-state index contributed by atoms with van der Waals surface area (Å²) in [5.74, 6) is 1.05. The molecular formula is C21H22ClN3O3. The van der Waals surface area contributed by atoms with Gasteiger partial charge in [-0.2, -0.15) is 4.98 Å². The van der Waals surface area contributed by atoms with Gasteiger partial charge in [-0.1, -0.05) is 67.9 Å². The third-order valence-corrected chi connectivity index (χ3v) is 4.57. The van der Waals surface area contributed by atoms with Gasteiger partial charge in [0.25, 0.3) is 5.91 Å². The molecule has 3 rings (SSSR count). The monoisotopic (exact) mass is 399 g/mol. The summed E-state index contributed by atoms with van der Waals surface area (Å²) < 4.78 is 10.6. The zero-order chi connectivity index (χ0) is 20.3. The number of ether oxygens (including phenoxy) is 1. The lowest BCUT2D eigenvalue weighted by atomic mass is 9.86. The molecule has 0 saturated carbocycles. The number of carbonyl (C=O) groups is 1. The third kappa shape index (κ3) is 4.34. The highest BCUT2D eigenvalue weighted by atomic mass is 35.5. The van der Waals surface area contributed by atoms with Crippen molar-refractivity contribution in [3.63, 3.8) is 0 Å². The molecule has 0 saturated heterocycles. The van der Waals surface area contributed by atoms with Crippen LogP contribution in [-0.2, 0) is 0 Å². The van der Waals surface area contributed by atoms with E-state index < -0.39 is 6.04 Å². The molecule has 7 heteroatoms. The second-order valence-corrected chi connectivity index (χ2v) is 7.85. The maximum Gasteiger partial charge on any atom is 0.252 e. The van der Waals surface area contributed by atoms with Gasteiger partial charge in [-0.15, -0.1) is 0 Å². The third-order valence-electron chi connectivity index (χ3n) is 4.28. The van der Waals surface area contributed by atoms with Gasteiger partial charge in [0.2, 0.25) is 11.7 Å². The first-order valence-electron chi connectivity index (χ1n) is 8.83. The van der Waals surface area contributed by atoms with E-state index in [9.17, 15) is 4.79 Å².